The molecule has 0 aliphatic heterocycles. The predicted molar refractivity (Wildman–Crippen MR) is 95.4 cm³/mol. The van der Waals surface area contributed by atoms with Gasteiger partial charge in [0, 0.05) is 31.4 Å². The molecule has 0 aliphatic rings. The third kappa shape index (κ3) is 3.66. The number of primary amides is 1. The number of benzene rings is 1. The maximum absolute atomic E-state index is 11.6. The summed E-state index contributed by atoms with van der Waals surface area (Å²) in [7, 11) is 1.85. The van der Waals surface area contributed by atoms with Crippen molar-refractivity contribution in [2.24, 2.45) is 12.8 Å². The molecule has 26 heavy (non-hydrogen) atoms. The van der Waals surface area contributed by atoms with Crippen LogP contribution in [-0.4, -0.2) is 25.6 Å². The molecule has 0 unspecified atom stereocenters. The van der Waals surface area contributed by atoms with E-state index in [4.69, 9.17) is 5.73 Å². The Balaban J connectivity index is 1.81. The number of pyridine rings is 1. The molecule has 0 spiro atoms. The zero-order valence-corrected chi connectivity index (χ0v) is 13.9. The fourth-order valence-corrected chi connectivity index (χ4v) is 2.50. The van der Waals surface area contributed by atoms with Gasteiger partial charge in [0.15, 0.2) is 0 Å². The van der Waals surface area contributed by atoms with Crippen molar-refractivity contribution in [1.29, 1.82) is 0 Å². The zero-order chi connectivity index (χ0) is 18.7. The lowest BCUT2D eigenvalue weighted by molar-refractivity contribution is -0.385. The molecular weight excluding hydrogens is 336 g/mol. The quantitative estimate of drug-likeness (QED) is 0.516. The summed E-state index contributed by atoms with van der Waals surface area (Å²) in [6.45, 7) is 0.374. The molecule has 1 aromatic carbocycles. The number of aromatic nitrogens is 3. The fourth-order valence-electron chi connectivity index (χ4n) is 2.50. The summed E-state index contributed by atoms with van der Waals surface area (Å²) in [5.41, 5.74) is 7.93. The molecule has 0 fully saturated rings. The van der Waals surface area contributed by atoms with Crippen molar-refractivity contribution in [3.8, 4) is 11.1 Å². The molecule has 3 aromatic rings. The lowest BCUT2D eigenvalue weighted by Crippen LogP contribution is -2.16. The molecule has 0 aliphatic carbocycles. The number of nitrogens with one attached hydrogen (secondary N) is 1. The molecule has 2 aromatic heterocycles. The van der Waals surface area contributed by atoms with Crippen LogP contribution >= 0.6 is 0 Å². The molecule has 0 radical (unpaired) electrons. The zero-order valence-electron chi connectivity index (χ0n) is 13.9. The second-order valence-corrected chi connectivity index (χ2v) is 5.67. The van der Waals surface area contributed by atoms with Crippen LogP contribution in [0.3, 0.4) is 0 Å². The van der Waals surface area contributed by atoms with Crippen molar-refractivity contribution in [2.75, 3.05) is 5.32 Å². The molecule has 2 heterocycles. The number of nitrogens with zero attached hydrogens (tertiary/aromatic N) is 4. The average molecular weight is 352 g/mol. The highest BCUT2D eigenvalue weighted by atomic mass is 16.6. The smallest absolute Gasteiger partial charge is 0.288 e. The first-order valence-corrected chi connectivity index (χ1v) is 7.70. The van der Waals surface area contributed by atoms with E-state index in [1.807, 2.05) is 37.5 Å². The van der Waals surface area contributed by atoms with Crippen LogP contribution in [0.15, 0.2) is 48.9 Å². The molecule has 3 rings (SSSR count). The van der Waals surface area contributed by atoms with Gasteiger partial charge in [-0.1, -0.05) is 18.2 Å². The van der Waals surface area contributed by atoms with Gasteiger partial charge in [0.05, 0.1) is 16.7 Å². The van der Waals surface area contributed by atoms with Crippen LogP contribution in [0.4, 0.5) is 11.5 Å². The van der Waals surface area contributed by atoms with E-state index in [0.29, 0.717) is 6.54 Å². The Kier molecular flexibility index (Phi) is 4.61. The molecule has 0 bridgehead atoms. The highest BCUT2D eigenvalue weighted by molar-refractivity contribution is 5.98. The standard InChI is InChI=1S/C17H16N6O3/c1-22-10-13(8-21-22)12-4-2-3-11(5-12)7-19-17-15(16(18)24)6-14(9-20-17)23(25)26/h2-6,8-10H,7H2,1H3,(H2,18,24)(H,19,20). The number of nitrogens with two attached hydrogens (primary N) is 1. The van der Waals surface area contributed by atoms with Gasteiger partial charge in [-0.05, 0) is 17.2 Å². The maximum atomic E-state index is 11.6. The third-order valence-electron chi connectivity index (χ3n) is 3.77. The van der Waals surface area contributed by atoms with Crippen LogP contribution in [0.5, 0.6) is 0 Å². The van der Waals surface area contributed by atoms with Gasteiger partial charge < -0.3 is 11.1 Å². The van der Waals surface area contributed by atoms with Gasteiger partial charge in [0.2, 0.25) is 0 Å². The van der Waals surface area contributed by atoms with E-state index in [-0.39, 0.29) is 17.1 Å². The predicted octanol–water partition coefficient (Wildman–Crippen LogP) is 2.10. The highest BCUT2D eigenvalue weighted by Gasteiger charge is 2.16. The van der Waals surface area contributed by atoms with Gasteiger partial charge in [-0.2, -0.15) is 5.10 Å². The molecule has 9 nitrogen and oxygen atoms in total. The molecule has 132 valence electrons. The lowest BCUT2D eigenvalue weighted by atomic mass is 10.1. The number of anilines is 1. The average Bonchev–Trinajstić information content (AvgIpc) is 3.06. The minimum Gasteiger partial charge on any atom is -0.365 e. The van der Waals surface area contributed by atoms with Gasteiger partial charge in [-0.25, -0.2) is 4.98 Å². The lowest BCUT2D eigenvalue weighted by Gasteiger charge is -2.10. The molecular formula is C17H16N6O3. The first-order chi connectivity index (χ1) is 12.4. The monoisotopic (exact) mass is 352 g/mol. The molecule has 0 saturated carbocycles. The van der Waals surface area contributed by atoms with E-state index >= 15 is 0 Å². The number of hydrogen-bond donors (Lipinski definition) is 2. The molecule has 1 amide bonds. The van der Waals surface area contributed by atoms with E-state index in [9.17, 15) is 14.9 Å². The number of aryl methyl sites for hydroxylation is 1. The van der Waals surface area contributed by atoms with Crippen molar-refractivity contribution in [2.45, 2.75) is 6.54 Å². The van der Waals surface area contributed by atoms with Crippen LogP contribution in [0.25, 0.3) is 11.1 Å². The minimum atomic E-state index is -0.784. The second-order valence-electron chi connectivity index (χ2n) is 5.67. The third-order valence-corrected chi connectivity index (χ3v) is 3.77. The van der Waals surface area contributed by atoms with Gasteiger partial charge in [-0.3, -0.25) is 19.6 Å². The Hall–Kier alpha value is -3.75. The molecule has 3 N–H and O–H groups in total. The number of carbonyl (C=O) groups is 1. The Labute approximate surface area is 148 Å². The van der Waals surface area contributed by atoms with Crippen LogP contribution in [0.2, 0.25) is 0 Å². The Morgan fingerprint density at radius 1 is 1.31 bits per heavy atom. The minimum absolute atomic E-state index is 0.0254. The van der Waals surface area contributed by atoms with Crippen LogP contribution in [0.1, 0.15) is 15.9 Å². The first-order valence-electron chi connectivity index (χ1n) is 7.70. The summed E-state index contributed by atoms with van der Waals surface area (Å²) in [4.78, 5) is 25.7. The van der Waals surface area contributed by atoms with Gasteiger partial charge in [-0.15, -0.1) is 0 Å². The van der Waals surface area contributed by atoms with Gasteiger partial charge in [0.25, 0.3) is 11.6 Å². The van der Waals surface area contributed by atoms with E-state index in [0.717, 1.165) is 29.0 Å². The van der Waals surface area contributed by atoms with Gasteiger partial charge in [0.1, 0.15) is 12.0 Å². The van der Waals surface area contributed by atoms with Crippen LogP contribution in [0, 0.1) is 10.1 Å². The van der Waals surface area contributed by atoms with E-state index < -0.39 is 10.8 Å². The molecule has 0 saturated heterocycles. The van der Waals surface area contributed by atoms with Crippen molar-refractivity contribution < 1.29 is 9.72 Å². The van der Waals surface area contributed by atoms with Crippen LogP contribution in [-0.2, 0) is 13.6 Å². The van der Waals surface area contributed by atoms with E-state index in [2.05, 4.69) is 15.4 Å². The highest BCUT2D eigenvalue weighted by Crippen LogP contribution is 2.22. The van der Waals surface area contributed by atoms with Crippen molar-refractivity contribution in [3.63, 3.8) is 0 Å². The van der Waals surface area contributed by atoms with Crippen molar-refractivity contribution in [3.05, 3.63) is 70.2 Å². The first kappa shape index (κ1) is 17.1. The molecule has 9 heteroatoms. The van der Waals surface area contributed by atoms with Crippen LogP contribution < -0.4 is 11.1 Å². The van der Waals surface area contributed by atoms with Crippen molar-refractivity contribution >= 4 is 17.4 Å². The molecule has 0 atom stereocenters. The Morgan fingerprint density at radius 3 is 2.77 bits per heavy atom. The van der Waals surface area contributed by atoms with E-state index in [1.54, 1.807) is 10.9 Å². The summed E-state index contributed by atoms with van der Waals surface area (Å²) in [6, 6.07) is 8.91. The van der Waals surface area contributed by atoms with Crippen molar-refractivity contribution in [1.82, 2.24) is 14.8 Å². The number of nitro groups is 1. The topological polar surface area (TPSA) is 129 Å². The Bertz CT molecular complexity index is 982. The number of carbonyl (C=O) groups excluding carboxylic acids is 1. The van der Waals surface area contributed by atoms with E-state index in [1.165, 1.54) is 0 Å². The summed E-state index contributed by atoms with van der Waals surface area (Å²) in [6.07, 6.45) is 4.77. The SMILES string of the molecule is Cn1cc(-c2cccc(CNc3ncc([N+](=O)[O-])cc3C(N)=O)c2)cn1. The number of amides is 1. The summed E-state index contributed by atoms with van der Waals surface area (Å²) < 4.78 is 1.72. The largest absolute Gasteiger partial charge is 0.365 e. The maximum Gasteiger partial charge on any atom is 0.288 e. The fraction of sp³-hybridized carbons (Fsp3) is 0.118. The normalized spacial score (nSPS) is 10.5. The number of rotatable bonds is 6. The number of hydrogen-bond acceptors (Lipinski definition) is 6. The summed E-state index contributed by atoms with van der Waals surface area (Å²) >= 11 is 0. The van der Waals surface area contributed by atoms with Gasteiger partial charge >= 0.3 is 0 Å². The summed E-state index contributed by atoms with van der Waals surface area (Å²) in [5.74, 6) is -0.581. The second kappa shape index (κ2) is 7.01. The summed E-state index contributed by atoms with van der Waals surface area (Å²) in [5, 5.41) is 18.0. The Morgan fingerprint density at radius 2 is 2.12 bits per heavy atom.